The zero-order chi connectivity index (χ0) is 70.7. The molecule has 0 aliphatic rings. The van der Waals surface area contributed by atoms with Crippen molar-refractivity contribution in [2.24, 2.45) is 0 Å². The Morgan fingerprint density at radius 3 is 1.52 bits per heavy atom. The Morgan fingerprint density at radius 1 is 0.574 bits per heavy atom. The minimum atomic E-state index is -0.620. The number of amides is 3. The number of carbonyl (C=O) groups excluding carboxylic acids is 5. The maximum Gasteiger partial charge on any atom is 0.415 e. The first kappa shape index (κ1) is 78.9. The molecule has 8 aromatic rings. The predicted octanol–water partition coefficient (Wildman–Crippen LogP) is 15.3. The number of aldehydes is 2. The monoisotopic (exact) mass is 1350 g/mol. The first-order valence-electron chi connectivity index (χ1n) is 29.3. The van der Waals surface area contributed by atoms with Gasteiger partial charge in [-0.15, -0.1) is 13.2 Å². The summed E-state index contributed by atoms with van der Waals surface area (Å²) < 4.78 is 25.2. The zero-order valence-electron chi connectivity index (χ0n) is 56.3. The van der Waals surface area contributed by atoms with Crippen molar-refractivity contribution in [2.75, 3.05) is 48.2 Å². The second kappa shape index (κ2) is 37.4. The van der Waals surface area contributed by atoms with Crippen molar-refractivity contribution in [3.05, 3.63) is 173 Å². The molecule has 0 saturated carbocycles. The molecule has 24 nitrogen and oxygen atoms in total. The minimum absolute atomic E-state index is 0.00749. The molecular weight excluding hydrogens is 1270 g/mol. The second-order valence-corrected chi connectivity index (χ2v) is 24.9. The van der Waals surface area contributed by atoms with E-state index in [1.54, 1.807) is 121 Å². The van der Waals surface area contributed by atoms with Crippen LogP contribution in [0.5, 0.6) is 5.75 Å². The van der Waals surface area contributed by atoms with Crippen LogP contribution in [0.3, 0.4) is 0 Å². The van der Waals surface area contributed by atoms with Gasteiger partial charge >= 0.3 is 18.3 Å². The molecule has 27 heteroatoms. The first-order chi connectivity index (χ1) is 44.2. The number of ether oxygens (including phenoxy) is 4. The van der Waals surface area contributed by atoms with Gasteiger partial charge in [-0.25, -0.2) is 34.3 Å². The number of aliphatic hydroxyl groups excluding tert-OH is 1. The van der Waals surface area contributed by atoms with E-state index < -0.39 is 35.1 Å². The molecule has 504 valence electrons. The summed E-state index contributed by atoms with van der Waals surface area (Å²) in [5, 5.41) is 21.7. The molecule has 0 radical (unpaired) electrons. The summed E-state index contributed by atoms with van der Waals surface area (Å²) in [4.78, 5) is 86.6. The summed E-state index contributed by atoms with van der Waals surface area (Å²) in [6.45, 7) is 30.6. The number of pyridine rings is 6. The summed E-state index contributed by atoms with van der Waals surface area (Å²) in [6, 6.07) is 21.5. The molecule has 8 aromatic heterocycles. The van der Waals surface area contributed by atoms with Gasteiger partial charge in [0, 0.05) is 111 Å². The molecule has 2 N–H and O–H groups in total. The Hall–Kier alpha value is -9.36. The fourth-order valence-electron chi connectivity index (χ4n) is 7.72. The number of aliphatic hydroxyl groups is 1. The Bertz CT molecular complexity index is 3730. The molecule has 8 heterocycles. The van der Waals surface area contributed by atoms with Crippen LogP contribution in [0, 0.1) is 0 Å². The number of nitrogens with one attached hydrogen (secondary N) is 1. The highest BCUT2D eigenvalue weighted by atomic mass is 35.5. The maximum absolute atomic E-state index is 11.8. The summed E-state index contributed by atoms with van der Waals surface area (Å²) >= 11 is 17.4. The number of carbonyl (C=O) groups is 5. The van der Waals surface area contributed by atoms with E-state index in [0.717, 1.165) is 45.1 Å². The van der Waals surface area contributed by atoms with Gasteiger partial charge in [-0.3, -0.25) is 44.0 Å². The normalized spacial score (nSPS) is 10.8. The summed E-state index contributed by atoms with van der Waals surface area (Å²) in [6.07, 6.45) is 12.8. The average molecular weight is 1350 g/mol. The lowest BCUT2D eigenvalue weighted by Crippen LogP contribution is -2.35. The fraction of sp³-hybridized carbons (Fsp3) is 0.358. The largest absolute Gasteiger partial charge is 0.488 e. The summed E-state index contributed by atoms with van der Waals surface area (Å²) in [7, 11) is 6.74. The van der Waals surface area contributed by atoms with E-state index in [1.807, 2.05) is 80.6 Å². The molecule has 8 rings (SSSR count). The van der Waals surface area contributed by atoms with Crippen molar-refractivity contribution in [1.82, 2.24) is 49.5 Å². The summed E-state index contributed by atoms with van der Waals surface area (Å²) in [5.41, 5.74) is 4.16. The average Bonchev–Trinajstić information content (AvgIpc) is 1.51. The number of hydrogen-bond donors (Lipinski definition) is 2. The third-order valence-electron chi connectivity index (χ3n) is 11.7. The van der Waals surface area contributed by atoms with Crippen LogP contribution in [0.15, 0.2) is 136 Å². The van der Waals surface area contributed by atoms with Crippen molar-refractivity contribution in [1.29, 1.82) is 0 Å². The van der Waals surface area contributed by atoms with Crippen LogP contribution in [0.1, 0.15) is 134 Å². The number of aromatic nitrogens is 10. The topological polar surface area (TPSA) is 277 Å². The second-order valence-electron chi connectivity index (χ2n) is 23.6. The molecule has 0 atom stereocenters. The third kappa shape index (κ3) is 25.6. The summed E-state index contributed by atoms with van der Waals surface area (Å²) in [5.74, 6) is 2.08. The first-order valence-corrected chi connectivity index (χ1v) is 30.4. The van der Waals surface area contributed by atoms with Crippen molar-refractivity contribution in [3.8, 4) is 28.5 Å². The van der Waals surface area contributed by atoms with Gasteiger partial charge in [0.15, 0.2) is 12.6 Å². The van der Waals surface area contributed by atoms with E-state index >= 15 is 0 Å². The van der Waals surface area contributed by atoms with Gasteiger partial charge in [-0.2, -0.15) is 10.2 Å². The van der Waals surface area contributed by atoms with E-state index in [1.165, 1.54) is 30.4 Å². The Kier molecular flexibility index (Phi) is 31.4. The molecule has 0 aliphatic heterocycles. The molecule has 0 spiro atoms. The highest BCUT2D eigenvalue weighted by molar-refractivity contribution is 6.33. The van der Waals surface area contributed by atoms with Crippen LogP contribution in [-0.4, -0.2) is 130 Å². The minimum Gasteiger partial charge on any atom is -0.488 e. The highest BCUT2D eigenvalue weighted by Crippen LogP contribution is 2.30. The van der Waals surface area contributed by atoms with Gasteiger partial charge < -0.3 is 29.0 Å². The van der Waals surface area contributed by atoms with Gasteiger partial charge in [0.1, 0.15) is 52.4 Å². The Morgan fingerprint density at radius 2 is 1.04 bits per heavy atom. The maximum atomic E-state index is 11.8. The number of halogens is 3. The predicted molar refractivity (Wildman–Crippen MR) is 369 cm³/mol. The Balaban J connectivity index is 0.000000310. The van der Waals surface area contributed by atoms with Crippen molar-refractivity contribution in [2.45, 2.75) is 132 Å². The standard InChI is InChI=1S/C20H23N5O2.C12H15ClN2O3.C12H15N3O.C11H15ClN2O2.C10H13ClN2O2.C2H4/c1-14(2)25-17(7-11-23-25)19-15(6-5-9-21-19)13-27-18-8-10-22-20(24(3)4)16(18)12-26;1-12(2,3)18-11(17)15(4)10-8(7-16)9(13)5-6-14-10;1-9(2)15-11(5-7-14-15)12-10(8-16)4-3-6-13-12;1-11(2,3)16-10(15)14(4)9-7-8(12)5-6-13-9;1-10(2,3)15-9(14)13-8-6-7(11)4-5-12-8;1-2/h5-12,14H,13H2,1-4H3;5-7H,1-4H3;3-7,9,16H,8H2,1-2H3;5-7H,1-4H3;4-6H,1-3H3,(H,12,13,14);1-2H2. The van der Waals surface area contributed by atoms with E-state index in [-0.39, 0.29) is 41.7 Å². The molecule has 94 heavy (non-hydrogen) atoms. The molecule has 0 saturated heterocycles. The lowest BCUT2D eigenvalue weighted by atomic mass is 10.1. The molecule has 0 bridgehead atoms. The number of anilines is 4. The van der Waals surface area contributed by atoms with Gasteiger partial charge in [0.2, 0.25) is 0 Å². The van der Waals surface area contributed by atoms with Gasteiger partial charge in [-0.05, 0) is 151 Å². The third-order valence-corrected chi connectivity index (χ3v) is 12.5. The van der Waals surface area contributed by atoms with E-state index in [2.05, 4.69) is 86.3 Å². The van der Waals surface area contributed by atoms with E-state index in [0.29, 0.717) is 45.1 Å². The number of hydrogen-bond acceptors (Lipinski definition) is 19. The highest BCUT2D eigenvalue weighted by Gasteiger charge is 2.25. The van der Waals surface area contributed by atoms with Crippen LogP contribution in [0.2, 0.25) is 15.1 Å². The van der Waals surface area contributed by atoms with E-state index in [4.69, 9.17) is 53.8 Å². The molecule has 0 unspecified atom stereocenters. The van der Waals surface area contributed by atoms with Crippen molar-refractivity contribution < 1.29 is 48.0 Å². The zero-order valence-corrected chi connectivity index (χ0v) is 58.5. The van der Waals surface area contributed by atoms with Gasteiger partial charge in [0.05, 0.1) is 45.5 Å². The van der Waals surface area contributed by atoms with Crippen molar-refractivity contribution in [3.63, 3.8) is 0 Å². The van der Waals surface area contributed by atoms with Gasteiger partial charge in [0.25, 0.3) is 0 Å². The molecule has 0 aromatic carbocycles. The molecule has 3 amide bonds. The van der Waals surface area contributed by atoms with Crippen LogP contribution in [0.4, 0.5) is 37.7 Å². The molecule has 0 fully saturated rings. The van der Waals surface area contributed by atoms with Crippen LogP contribution in [-0.2, 0) is 27.4 Å². The molecule has 0 aliphatic carbocycles. The lowest BCUT2D eigenvalue weighted by Gasteiger charge is -2.24. The van der Waals surface area contributed by atoms with Gasteiger partial charge in [-0.1, -0.05) is 46.9 Å². The SMILES string of the molecule is C=C.CC(C)(C)OC(=O)Nc1cc(Cl)ccn1.CC(C)n1nccc1-c1ncccc1CO.CC(C)n1nccc1-c1ncccc1COc1ccnc(N(C)C)c1C=O.CN(C(=O)OC(C)(C)C)c1cc(Cl)ccn1.CN(C(=O)OC(C)(C)C)c1nccc(Cl)c1C=O. The quantitative estimate of drug-likeness (QED) is 0.0581. The Labute approximate surface area is 565 Å². The molecular formula is C67H85Cl3N14O10. The van der Waals surface area contributed by atoms with Crippen LogP contribution < -0.4 is 24.8 Å². The van der Waals surface area contributed by atoms with Crippen molar-refractivity contribution >= 4 is 88.9 Å². The van der Waals surface area contributed by atoms with Crippen LogP contribution in [0.25, 0.3) is 22.8 Å². The lowest BCUT2D eigenvalue weighted by molar-refractivity contribution is 0.0577. The smallest absolute Gasteiger partial charge is 0.415 e. The van der Waals surface area contributed by atoms with Crippen LogP contribution >= 0.6 is 34.8 Å². The van der Waals surface area contributed by atoms with E-state index in [9.17, 15) is 29.1 Å². The number of nitrogens with zero attached hydrogens (tertiary/aromatic N) is 13. The number of rotatable bonds is 14. The fourth-order valence-corrected chi connectivity index (χ4v) is 8.22.